The number of hydrogen-bond donors (Lipinski definition) is 0. The quantitative estimate of drug-likeness (QED) is 0.659. The number of benzene rings is 3. The van der Waals surface area contributed by atoms with Crippen molar-refractivity contribution < 1.29 is 4.79 Å². The van der Waals surface area contributed by atoms with Gasteiger partial charge in [-0.3, -0.25) is 9.79 Å². The van der Waals surface area contributed by atoms with Crippen LogP contribution in [0.5, 0.6) is 0 Å². The number of aliphatic imine (C=N–C) groups is 1. The Kier molecular flexibility index (Phi) is 4.61. The van der Waals surface area contributed by atoms with Crippen molar-refractivity contribution in [3.63, 3.8) is 0 Å². The maximum absolute atomic E-state index is 12.7. The molecule has 128 valence electrons. The molecule has 1 heterocycles. The molecule has 0 saturated heterocycles. The molecule has 3 aromatic rings. The molecule has 3 heteroatoms. The molecule has 0 aliphatic carbocycles. The summed E-state index contributed by atoms with van der Waals surface area (Å²) in [5.74, 6) is 0.0607. The largest absolute Gasteiger partial charge is 0.332 e. The first-order valence-electron chi connectivity index (χ1n) is 8.81. The van der Waals surface area contributed by atoms with Crippen LogP contribution in [0.3, 0.4) is 0 Å². The Morgan fingerprint density at radius 2 is 1.19 bits per heavy atom. The van der Waals surface area contributed by atoms with Gasteiger partial charge in [0.2, 0.25) is 5.91 Å². The van der Waals surface area contributed by atoms with E-state index in [1.807, 2.05) is 77.7 Å². The van der Waals surface area contributed by atoms with Crippen molar-refractivity contribution in [3.05, 3.63) is 107 Å². The fourth-order valence-electron chi connectivity index (χ4n) is 3.30. The van der Waals surface area contributed by atoms with Crippen LogP contribution < -0.4 is 0 Å². The summed E-state index contributed by atoms with van der Waals surface area (Å²) in [6.45, 7) is 1.51. The van der Waals surface area contributed by atoms with E-state index in [-0.39, 0.29) is 12.5 Å². The molecular weight excluding hydrogens is 320 g/mol. The Hall–Kier alpha value is -3.20. The molecule has 1 aliphatic rings. The molecule has 3 nitrogen and oxygen atoms in total. The highest BCUT2D eigenvalue weighted by atomic mass is 16.2. The monoisotopic (exact) mass is 340 g/mol. The predicted octanol–water partition coefficient (Wildman–Crippen LogP) is 4.07. The fourth-order valence-corrected chi connectivity index (χ4v) is 3.30. The van der Waals surface area contributed by atoms with Gasteiger partial charge in [-0.1, -0.05) is 84.9 Å². The van der Waals surface area contributed by atoms with Crippen molar-refractivity contribution in [2.45, 2.75) is 13.1 Å². The normalized spacial score (nSPS) is 12.5. The number of nitrogens with zero attached hydrogens (tertiary/aromatic N) is 2. The van der Waals surface area contributed by atoms with Crippen LogP contribution >= 0.6 is 0 Å². The van der Waals surface area contributed by atoms with Gasteiger partial charge in [-0.15, -0.1) is 0 Å². The molecule has 3 aromatic carbocycles. The summed E-state index contributed by atoms with van der Waals surface area (Å²) < 4.78 is 0. The lowest BCUT2D eigenvalue weighted by molar-refractivity contribution is -0.130. The summed E-state index contributed by atoms with van der Waals surface area (Å²) in [6, 6.07) is 28.3. The van der Waals surface area contributed by atoms with Gasteiger partial charge in [0.1, 0.15) is 6.54 Å². The second kappa shape index (κ2) is 7.36. The van der Waals surface area contributed by atoms with Gasteiger partial charge in [0, 0.05) is 24.2 Å². The zero-order valence-corrected chi connectivity index (χ0v) is 14.5. The van der Waals surface area contributed by atoms with E-state index in [9.17, 15) is 4.79 Å². The minimum Gasteiger partial charge on any atom is -0.332 e. The summed E-state index contributed by atoms with van der Waals surface area (Å²) in [4.78, 5) is 19.3. The molecule has 0 spiro atoms. The first-order valence-corrected chi connectivity index (χ1v) is 8.81. The minimum atomic E-state index is 0.0607. The Morgan fingerprint density at radius 3 is 1.69 bits per heavy atom. The van der Waals surface area contributed by atoms with Crippen LogP contribution in [0.2, 0.25) is 0 Å². The summed E-state index contributed by atoms with van der Waals surface area (Å²) in [5, 5.41) is 0. The average Bonchev–Trinajstić information content (AvgIpc) is 3.14. The SMILES string of the molecule is O=C(CN=C(c1ccccc1)c1ccccc1)N1Cc2ccccc2C1. The van der Waals surface area contributed by atoms with Gasteiger partial charge in [-0.05, 0) is 11.1 Å². The lowest BCUT2D eigenvalue weighted by Gasteiger charge is -2.15. The second-order valence-corrected chi connectivity index (χ2v) is 6.42. The number of amides is 1. The van der Waals surface area contributed by atoms with E-state index >= 15 is 0 Å². The van der Waals surface area contributed by atoms with Crippen molar-refractivity contribution >= 4 is 11.6 Å². The molecule has 4 rings (SSSR count). The van der Waals surface area contributed by atoms with Crippen molar-refractivity contribution in [2.75, 3.05) is 6.54 Å². The van der Waals surface area contributed by atoms with Crippen LogP contribution in [0.1, 0.15) is 22.3 Å². The van der Waals surface area contributed by atoms with Gasteiger partial charge in [0.25, 0.3) is 0 Å². The molecule has 0 bridgehead atoms. The zero-order chi connectivity index (χ0) is 17.8. The number of fused-ring (bicyclic) bond motifs is 1. The smallest absolute Gasteiger partial charge is 0.244 e. The summed E-state index contributed by atoms with van der Waals surface area (Å²) >= 11 is 0. The van der Waals surface area contributed by atoms with Crippen LogP contribution in [0, 0.1) is 0 Å². The summed E-state index contributed by atoms with van der Waals surface area (Å²) in [6.07, 6.45) is 0. The van der Waals surface area contributed by atoms with E-state index < -0.39 is 0 Å². The standard InChI is InChI=1S/C23H20N2O/c26-22(25-16-20-13-7-8-14-21(20)17-25)15-24-23(18-9-3-1-4-10-18)19-11-5-2-6-12-19/h1-14H,15-17H2. The van der Waals surface area contributed by atoms with Gasteiger partial charge >= 0.3 is 0 Å². The van der Waals surface area contributed by atoms with E-state index in [0.29, 0.717) is 13.1 Å². The molecule has 0 fully saturated rings. The number of carbonyl (C=O) groups excluding carboxylic acids is 1. The lowest BCUT2D eigenvalue weighted by atomic mass is 10.0. The van der Waals surface area contributed by atoms with Crippen LogP contribution in [-0.2, 0) is 17.9 Å². The van der Waals surface area contributed by atoms with Gasteiger partial charge in [-0.2, -0.15) is 0 Å². The van der Waals surface area contributed by atoms with Gasteiger partial charge in [-0.25, -0.2) is 0 Å². The number of rotatable bonds is 4. The highest BCUT2D eigenvalue weighted by Gasteiger charge is 2.22. The predicted molar refractivity (Wildman–Crippen MR) is 104 cm³/mol. The van der Waals surface area contributed by atoms with Crippen molar-refractivity contribution in [1.82, 2.24) is 4.90 Å². The van der Waals surface area contributed by atoms with E-state index in [4.69, 9.17) is 4.99 Å². The van der Waals surface area contributed by atoms with E-state index in [0.717, 1.165) is 16.8 Å². The Morgan fingerprint density at radius 1 is 0.731 bits per heavy atom. The van der Waals surface area contributed by atoms with Crippen LogP contribution in [0.25, 0.3) is 0 Å². The molecule has 0 aromatic heterocycles. The molecule has 0 radical (unpaired) electrons. The van der Waals surface area contributed by atoms with Gasteiger partial charge < -0.3 is 4.90 Å². The average molecular weight is 340 g/mol. The first-order chi connectivity index (χ1) is 12.8. The molecule has 26 heavy (non-hydrogen) atoms. The first kappa shape index (κ1) is 16.3. The van der Waals surface area contributed by atoms with Crippen molar-refractivity contribution in [1.29, 1.82) is 0 Å². The second-order valence-electron chi connectivity index (χ2n) is 6.42. The minimum absolute atomic E-state index is 0.0607. The highest BCUT2D eigenvalue weighted by Crippen LogP contribution is 2.22. The number of hydrogen-bond acceptors (Lipinski definition) is 2. The Bertz CT molecular complexity index is 866. The van der Waals surface area contributed by atoms with Crippen LogP contribution in [0.4, 0.5) is 0 Å². The lowest BCUT2D eigenvalue weighted by Crippen LogP contribution is -2.28. The summed E-state index contributed by atoms with van der Waals surface area (Å²) in [5.41, 5.74) is 5.37. The van der Waals surface area contributed by atoms with E-state index in [2.05, 4.69) is 12.1 Å². The van der Waals surface area contributed by atoms with Gasteiger partial charge in [0.05, 0.1) is 5.71 Å². The van der Waals surface area contributed by atoms with E-state index in [1.165, 1.54) is 11.1 Å². The fraction of sp³-hybridized carbons (Fsp3) is 0.130. The maximum atomic E-state index is 12.7. The van der Waals surface area contributed by atoms with Crippen LogP contribution in [-0.4, -0.2) is 23.1 Å². The molecular formula is C23H20N2O. The molecule has 0 N–H and O–H groups in total. The molecule has 0 atom stereocenters. The summed E-state index contributed by atoms with van der Waals surface area (Å²) in [7, 11) is 0. The van der Waals surface area contributed by atoms with Crippen molar-refractivity contribution in [3.8, 4) is 0 Å². The third-order valence-corrected chi connectivity index (χ3v) is 4.66. The maximum Gasteiger partial charge on any atom is 0.244 e. The Labute approximate surface area is 153 Å². The molecule has 1 amide bonds. The van der Waals surface area contributed by atoms with Crippen LogP contribution in [0.15, 0.2) is 89.9 Å². The van der Waals surface area contributed by atoms with Crippen molar-refractivity contribution in [2.24, 2.45) is 4.99 Å². The third-order valence-electron chi connectivity index (χ3n) is 4.66. The molecule has 1 aliphatic heterocycles. The Balaban J connectivity index is 1.55. The number of carbonyl (C=O) groups is 1. The van der Waals surface area contributed by atoms with E-state index in [1.54, 1.807) is 0 Å². The van der Waals surface area contributed by atoms with Gasteiger partial charge in [0.15, 0.2) is 0 Å². The molecule has 0 saturated carbocycles. The highest BCUT2D eigenvalue weighted by molar-refractivity contribution is 6.13. The molecule has 0 unspecified atom stereocenters. The topological polar surface area (TPSA) is 32.7 Å². The third kappa shape index (κ3) is 3.42. The zero-order valence-electron chi connectivity index (χ0n) is 14.5.